The summed E-state index contributed by atoms with van der Waals surface area (Å²) in [5.41, 5.74) is 1.94. The van der Waals surface area contributed by atoms with E-state index in [0.29, 0.717) is 37.2 Å². The Kier molecular flexibility index (Phi) is 6.28. The van der Waals surface area contributed by atoms with Crippen LogP contribution in [-0.2, 0) is 4.74 Å². The molecule has 0 radical (unpaired) electrons. The molecule has 6 heteroatoms. The van der Waals surface area contributed by atoms with Crippen LogP contribution in [0.15, 0.2) is 30.1 Å². The minimum atomic E-state index is -0.990. The number of nitriles is 1. The van der Waals surface area contributed by atoms with Crippen LogP contribution in [0, 0.1) is 17.1 Å². The van der Waals surface area contributed by atoms with Crippen molar-refractivity contribution in [3.63, 3.8) is 0 Å². The van der Waals surface area contributed by atoms with Gasteiger partial charge in [-0.25, -0.2) is 4.39 Å². The number of allylic oxidation sites excluding steroid dienone is 4. The number of rotatable bonds is 6. The first-order chi connectivity index (χ1) is 11.1. The topological polar surface area (TPSA) is 66.1 Å². The normalized spacial score (nSPS) is 18.8. The smallest absolute Gasteiger partial charge is 0.147 e. The van der Waals surface area contributed by atoms with Crippen molar-refractivity contribution >= 4 is 17.2 Å². The van der Waals surface area contributed by atoms with E-state index in [-0.39, 0.29) is 5.56 Å². The van der Waals surface area contributed by atoms with Crippen molar-refractivity contribution in [2.45, 2.75) is 31.2 Å². The van der Waals surface area contributed by atoms with E-state index in [2.05, 4.69) is 4.98 Å². The maximum atomic E-state index is 14.2. The van der Waals surface area contributed by atoms with Gasteiger partial charge in [0.25, 0.3) is 0 Å². The minimum Gasteiger partial charge on any atom is -0.388 e. The van der Waals surface area contributed by atoms with Gasteiger partial charge < -0.3 is 9.84 Å². The second-order valence-corrected chi connectivity index (χ2v) is 5.71. The van der Waals surface area contributed by atoms with Gasteiger partial charge >= 0.3 is 0 Å². The number of nitrogens with zero attached hydrogens (tertiary/aromatic N) is 2. The number of ether oxygens (including phenoxy) is 1. The van der Waals surface area contributed by atoms with Crippen molar-refractivity contribution in [1.82, 2.24) is 4.98 Å². The van der Waals surface area contributed by atoms with Crippen molar-refractivity contribution < 1.29 is 14.2 Å². The molecule has 2 unspecified atom stereocenters. The van der Waals surface area contributed by atoms with Gasteiger partial charge in [0.2, 0.25) is 0 Å². The van der Waals surface area contributed by atoms with Crippen LogP contribution in [0.4, 0.5) is 4.39 Å². The summed E-state index contributed by atoms with van der Waals surface area (Å²) in [5, 5.41) is 18.8. The zero-order valence-electron chi connectivity index (χ0n) is 12.8. The number of alkyl halides is 1. The molecule has 0 aliphatic heterocycles. The standard InChI is InChI=1S/C17H18ClFN2O2/c1-2-23-6-5-16(22)17-13(9-21-10-15(17)19)11-3-4-12(8-20)14(18)7-11/h3-4,9-10,14,16,22H,2,5-7H2,1H3. The second kappa shape index (κ2) is 8.21. The summed E-state index contributed by atoms with van der Waals surface area (Å²) in [6.07, 6.45) is 5.64. The van der Waals surface area contributed by atoms with Gasteiger partial charge in [-0.1, -0.05) is 6.08 Å². The number of aliphatic hydroxyl groups is 1. The summed E-state index contributed by atoms with van der Waals surface area (Å²) in [7, 11) is 0. The van der Waals surface area contributed by atoms with Gasteiger partial charge in [-0.3, -0.25) is 4.98 Å². The highest BCUT2D eigenvalue weighted by Gasteiger charge is 2.24. The molecule has 1 aromatic rings. The fourth-order valence-corrected chi connectivity index (χ4v) is 2.78. The zero-order valence-corrected chi connectivity index (χ0v) is 13.6. The molecule has 122 valence electrons. The predicted molar refractivity (Wildman–Crippen MR) is 86.2 cm³/mol. The first kappa shape index (κ1) is 17.6. The van der Waals surface area contributed by atoms with Crippen molar-refractivity contribution in [3.8, 4) is 6.07 Å². The van der Waals surface area contributed by atoms with Crippen molar-refractivity contribution in [2.75, 3.05) is 13.2 Å². The SMILES string of the molecule is CCOCCC(O)c1c(F)cncc1C1=CC=C(C#N)C(Cl)C1. The predicted octanol–water partition coefficient (Wildman–Crippen LogP) is 3.53. The largest absolute Gasteiger partial charge is 0.388 e. The Bertz CT molecular complexity index is 667. The van der Waals surface area contributed by atoms with Gasteiger partial charge in [-0.2, -0.15) is 5.26 Å². The maximum absolute atomic E-state index is 14.2. The fraction of sp³-hybridized carbons (Fsp3) is 0.412. The van der Waals surface area contributed by atoms with Gasteiger partial charge in [-0.05, 0) is 25.0 Å². The van der Waals surface area contributed by atoms with Crippen molar-refractivity contribution in [3.05, 3.63) is 47.1 Å². The third kappa shape index (κ3) is 4.17. The molecule has 0 aromatic carbocycles. The number of aromatic nitrogens is 1. The molecule has 0 saturated heterocycles. The number of pyridine rings is 1. The lowest BCUT2D eigenvalue weighted by Gasteiger charge is -2.21. The van der Waals surface area contributed by atoms with Crippen LogP contribution < -0.4 is 0 Å². The summed E-state index contributed by atoms with van der Waals surface area (Å²) >= 11 is 6.17. The quantitative estimate of drug-likeness (QED) is 0.637. The molecule has 0 fully saturated rings. The van der Waals surface area contributed by atoms with E-state index in [1.165, 1.54) is 6.20 Å². The molecule has 2 rings (SSSR count). The number of hydrogen-bond acceptors (Lipinski definition) is 4. The highest BCUT2D eigenvalue weighted by atomic mass is 35.5. The lowest BCUT2D eigenvalue weighted by molar-refractivity contribution is 0.0866. The molecular formula is C17H18ClFN2O2. The molecule has 0 amide bonds. The fourth-order valence-electron chi connectivity index (χ4n) is 2.50. The molecular weight excluding hydrogens is 319 g/mol. The molecule has 1 heterocycles. The van der Waals surface area contributed by atoms with E-state index < -0.39 is 17.3 Å². The zero-order chi connectivity index (χ0) is 16.8. The Labute approximate surface area is 139 Å². The third-order valence-corrected chi connectivity index (χ3v) is 4.08. The van der Waals surface area contributed by atoms with Crippen molar-refractivity contribution in [1.29, 1.82) is 5.26 Å². The van der Waals surface area contributed by atoms with Gasteiger partial charge in [-0.15, -0.1) is 11.6 Å². The van der Waals surface area contributed by atoms with Crippen LogP contribution in [0.25, 0.3) is 5.57 Å². The van der Waals surface area contributed by atoms with E-state index in [4.69, 9.17) is 21.6 Å². The Morgan fingerprint density at radius 1 is 1.52 bits per heavy atom. The molecule has 0 spiro atoms. The van der Waals surface area contributed by atoms with Crippen molar-refractivity contribution in [2.24, 2.45) is 0 Å². The average molecular weight is 337 g/mol. The Balaban J connectivity index is 2.33. The molecule has 4 nitrogen and oxygen atoms in total. The summed E-state index contributed by atoms with van der Waals surface area (Å²) in [6.45, 7) is 2.74. The van der Waals surface area contributed by atoms with Crippen LogP contribution >= 0.6 is 11.6 Å². The van der Waals surface area contributed by atoms with E-state index in [9.17, 15) is 9.50 Å². The Morgan fingerprint density at radius 3 is 2.96 bits per heavy atom. The molecule has 0 bridgehead atoms. The van der Waals surface area contributed by atoms with Crippen LogP contribution in [-0.4, -0.2) is 28.7 Å². The number of halogens is 2. The molecule has 0 saturated carbocycles. The lowest BCUT2D eigenvalue weighted by atomic mass is 9.89. The van der Waals surface area contributed by atoms with Crippen LogP contribution in [0.2, 0.25) is 0 Å². The summed E-state index contributed by atoms with van der Waals surface area (Å²) in [5.74, 6) is -0.561. The summed E-state index contributed by atoms with van der Waals surface area (Å²) < 4.78 is 19.4. The molecule has 2 atom stereocenters. The molecule has 1 aliphatic carbocycles. The van der Waals surface area contributed by atoms with Gasteiger partial charge in [0, 0.05) is 42.5 Å². The minimum absolute atomic E-state index is 0.198. The Hall–Kier alpha value is -1.74. The second-order valence-electron chi connectivity index (χ2n) is 5.18. The van der Waals surface area contributed by atoms with Crippen LogP contribution in [0.1, 0.15) is 37.0 Å². The highest BCUT2D eigenvalue weighted by molar-refractivity contribution is 6.23. The summed E-state index contributed by atoms with van der Waals surface area (Å²) in [6, 6.07) is 2.04. The molecule has 1 N–H and O–H groups in total. The highest BCUT2D eigenvalue weighted by Crippen LogP contribution is 2.35. The molecule has 1 aliphatic rings. The van der Waals surface area contributed by atoms with Gasteiger partial charge in [0.15, 0.2) is 0 Å². The van der Waals surface area contributed by atoms with Gasteiger partial charge in [0.05, 0.1) is 23.7 Å². The molecule has 1 aromatic heterocycles. The number of hydrogen-bond donors (Lipinski definition) is 1. The molecule has 23 heavy (non-hydrogen) atoms. The maximum Gasteiger partial charge on any atom is 0.147 e. The number of aliphatic hydroxyl groups excluding tert-OH is 1. The monoisotopic (exact) mass is 336 g/mol. The van der Waals surface area contributed by atoms with E-state index in [1.54, 1.807) is 12.2 Å². The van der Waals surface area contributed by atoms with E-state index in [1.807, 2.05) is 13.0 Å². The van der Waals surface area contributed by atoms with Crippen LogP contribution in [0.3, 0.4) is 0 Å². The Morgan fingerprint density at radius 2 is 2.30 bits per heavy atom. The van der Waals surface area contributed by atoms with E-state index in [0.717, 1.165) is 11.8 Å². The van der Waals surface area contributed by atoms with E-state index >= 15 is 0 Å². The average Bonchev–Trinajstić information content (AvgIpc) is 2.54. The first-order valence-electron chi connectivity index (χ1n) is 7.43. The third-order valence-electron chi connectivity index (χ3n) is 3.69. The van der Waals surface area contributed by atoms with Gasteiger partial charge in [0.1, 0.15) is 5.82 Å². The first-order valence-corrected chi connectivity index (χ1v) is 7.86. The lowest BCUT2D eigenvalue weighted by Crippen LogP contribution is -2.12. The van der Waals surface area contributed by atoms with Crippen LogP contribution in [0.5, 0.6) is 0 Å². The summed E-state index contributed by atoms with van der Waals surface area (Å²) in [4.78, 5) is 3.88.